The van der Waals surface area contributed by atoms with E-state index in [0.29, 0.717) is 0 Å². The molecule has 0 spiro atoms. The highest BCUT2D eigenvalue weighted by molar-refractivity contribution is 5.49. The molecule has 1 aromatic heterocycles. The number of hydrogen-bond acceptors (Lipinski definition) is 2. The number of hydrogen-bond donors (Lipinski definition) is 1. The normalized spacial score (nSPS) is 12.0. The van der Waals surface area contributed by atoms with E-state index in [1.54, 1.807) is 0 Å². The molecule has 3 heteroatoms. The molecule has 0 aliphatic carbocycles. The molecule has 0 amide bonds. The van der Waals surface area contributed by atoms with Gasteiger partial charge >= 0.3 is 0 Å². The van der Waals surface area contributed by atoms with Gasteiger partial charge in [0.1, 0.15) is 11.4 Å². The Balaban J connectivity index is 2.09. The third kappa shape index (κ3) is 3.80. The van der Waals surface area contributed by atoms with Gasteiger partial charge < -0.3 is 14.6 Å². The van der Waals surface area contributed by atoms with Crippen LogP contribution in [-0.2, 0) is 5.41 Å². The molecule has 1 aromatic carbocycles. The molecule has 2 N–H and O–H groups in total. The van der Waals surface area contributed by atoms with Crippen LogP contribution in [0.5, 0.6) is 0 Å². The summed E-state index contributed by atoms with van der Waals surface area (Å²) in [7, 11) is 6.05. The summed E-state index contributed by atoms with van der Waals surface area (Å²) in [6.45, 7) is 4.57. The van der Waals surface area contributed by atoms with Gasteiger partial charge in [-0.05, 0) is 30.0 Å². The summed E-state index contributed by atoms with van der Waals surface area (Å²) in [4.78, 5) is 1.97. The molecule has 2 rings (SSSR count). The lowest BCUT2D eigenvalue weighted by Gasteiger charge is -2.24. The average Bonchev–Trinajstić information content (AvgIpc) is 2.96. The van der Waals surface area contributed by atoms with E-state index in [2.05, 4.69) is 62.6 Å². The lowest BCUT2D eigenvalue weighted by atomic mass is 9.80. The molecule has 3 nitrogen and oxygen atoms in total. The summed E-state index contributed by atoms with van der Waals surface area (Å²) in [5, 5.41) is 2.18. The van der Waals surface area contributed by atoms with Crippen molar-refractivity contribution in [3.05, 3.63) is 53.8 Å². The van der Waals surface area contributed by atoms with Crippen LogP contribution in [0.4, 0.5) is 11.6 Å². The predicted molar refractivity (Wildman–Crippen MR) is 93.7 cm³/mol. The highest BCUT2D eigenvalue weighted by Crippen LogP contribution is 2.31. The number of nitrogens with two attached hydrogens (primary N) is 1. The van der Waals surface area contributed by atoms with Crippen LogP contribution in [0.15, 0.2) is 46.9 Å². The molecule has 0 fully saturated rings. The van der Waals surface area contributed by atoms with E-state index in [1.807, 2.05) is 31.1 Å². The number of anilines is 1. The smallest absolute Gasteiger partial charge is 0.195 e. The molecule has 0 saturated carbocycles. The maximum atomic E-state index is 5.74. The fourth-order valence-corrected chi connectivity index (χ4v) is 2.62. The van der Waals surface area contributed by atoms with Crippen molar-refractivity contribution in [2.24, 2.45) is 0 Å². The first-order valence-corrected chi connectivity index (χ1v) is 7.76. The largest absolute Gasteiger partial charge is 0.441 e. The molecule has 0 aliphatic rings. The van der Waals surface area contributed by atoms with E-state index in [9.17, 15) is 0 Å². The Hall–Kier alpha value is -2.00. The highest BCUT2D eigenvalue weighted by atomic mass is 16.4. The van der Waals surface area contributed by atoms with Crippen molar-refractivity contribution in [2.75, 3.05) is 26.0 Å². The van der Waals surface area contributed by atoms with Crippen molar-refractivity contribution in [2.45, 2.75) is 25.7 Å². The molecule has 1 heterocycles. The maximum Gasteiger partial charge on any atom is 0.195 e. The van der Waals surface area contributed by atoms with Crippen LogP contribution in [0, 0.1) is 0 Å². The Morgan fingerprint density at radius 2 is 1.86 bits per heavy atom. The first-order chi connectivity index (χ1) is 10.4. The number of nitrogens with zero attached hydrogens (tertiary/aromatic N) is 1. The summed E-state index contributed by atoms with van der Waals surface area (Å²) in [6.07, 6.45) is 5.23. The Morgan fingerprint density at radius 1 is 1.14 bits per heavy atom. The fourth-order valence-electron chi connectivity index (χ4n) is 2.62. The third-order valence-electron chi connectivity index (χ3n) is 3.96. The van der Waals surface area contributed by atoms with Crippen molar-refractivity contribution >= 4 is 17.6 Å². The molecule has 118 valence electrons. The number of benzene rings is 1. The van der Waals surface area contributed by atoms with Gasteiger partial charge in [-0.25, -0.2) is 0 Å². The Morgan fingerprint density at radius 3 is 2.50 bits per heavy atom. The monoisotopic (exact) mass is 299 g/mol. The summed E-state index contributed by atoms with van der Waals surface area (Å²) < 4.78 is 5.74. The minimum absolute atomic E-state index is 0.0938. The van der Waals surface area contributed by atoms with Gasteiger partial charge in [-0.2, -0.15) is 0 Å². The zero-order valence-corrected chi connectivity index (χ0v) is 14.3. The zero-order valence-electron chi connectivity index (χ0n) is 14.3. The number of furan rings is 1. The van der Waals surface area contributed by atoms with E-state index in [-0.39, 0.29) is 5.41 Å². The summed E-state index contributed by atoms with van der Waals surface area (Å²) in [6, 6.07) is 12.6. The van der Waals surface area contributed by atoms with Crippen molar-refractivity contribution in [3.8, 4) is 0 Å². The van der Waals surface area contributed by atoms with Gasteiger partial charge in [-0.1, -0.05) is 38.1 Å². The van der Waals surface area contributed by atoms with Crippen molar-refractivity contribution < 1.29 is 9.73 Å². The van der Waals surface area contributed by atoms with E-state index >= 15 is 0 Å². The second kappa shape index (κ2) is 6.84. The van der Waals surface area contributed by atoms with Gasteiger partial charge in [-0.15, -0.1) is 0 Å². The molecule has 0 atom stereocenters. The second-order valence-electron chi connectivity index (χ2n) is 6.44. The number of rotatable bonds is 6. The topological polar surface area (TPSA) is 33.0 Å². The number of para-hydroxylation sites is 1. The van der Waals surface area contributed by atoms with Gasteiger partial charge in [0.2, 0.25) is 0 Å². The first kappa shape index (κ1) is 16.4. The second-order valence-corrected chi connectivity index (χ2v) is 6.44. The SMILES string of the molecule is C[NH2+]c1ccccc1C(C)(C)C/C=C/c1ccc(N(C)C)o1. The zero-order chi connectivity index (χ0) is 16.2. The van der Waals surface area contributed by atoms with Crippen molar-refractivity contribution in [3.63, 3.8) is 0 Å². The minimum atomic E-state index is 0.0938. The molecule has 22 heavy (non-hydrogen) atoms. The van der Waals surface area contributed by atoms with E-state index in [4.69, 9.17) is 4.42 Å². The lowest BCUT2D eigenvalue weighted by molar-refractivity contribution is -0.540. The van der Waals surface area contributed by atoms with Crippen LogP contribution in [0.1, 0.15) is 31.6 Å². The standard InChI is InChI=1S/C19H26N2O/c1-19(2,16-10-6-7-11-17(16)20-3)14-8-9-15-12-13-18(22-15)21(4)5/h6-13,20H,14H2,1-5H3/p+1/b9-8+. The van der Waals surface area contributed by atoms with Crippen LogP contribution in [0.25, 0.3) is 6.08 Å². The molecule has 0 saturated heterocycles. The average molecular weight is 299 g/mol. The Kier molecular flexibility index (Phi) is 5.09. The van der Waals surface area contributed by atoms with E-state index in [0.717, 1.165) is 18.1 Å². The van der Waals surface area contributed by atoms with Gasteiger partial charge in [0.15, 0.2) is 5.88 Å². The number of quaternary nitrogens is 1. The molecular formula is C19H27N2O+. The van der Waals surface area contributed by atoms with Crippen LogP contribution < -0.4 is 10.2 Å². The van der Waals surface area contributed by atoms with Crippen LogP contribution in [0.2, 0.25) is 0 Å². The van der Waals surface area contributed by atoms with Crippen LogP contribution in [0.3, 0.4) is 0 Å². The molecule has 0 aliphatic heterocycles. The lowest BCUT2D eigenvalue weighted by Crippen LogP contribution is -2.73. The van der Waals surface area contributed by atoms with Crippen LogP contribution >= 0.6 is 0 Å². The Bertz CT molecular complexity index is 638. The molecule has 0 bridgehead atoms. The van der Waals surface area contributed by atoms with E-state index in [1.165, 1.54) is 11.3 Å². The van der Waals surface area contributed by atoms with Crippen molar-refractivity contribution in [1.82, 2.24) is 0 Å². The summed E-state index contributed by atoms with van der Waals surface area (Å²) in [5.74, 6) is 1.78. The number of allylic oxidation sites excluding steroid dienone is 1. The van der Waals surface area contributed by atoms with Gasteiger partial charge in [0.05, 0.1) is 7.05 Å². The summed E-state index contributed by atoms with van der Waals surface area (Å²) in [5.41, 5.74) is 2.79. The maximum absolute atomic E-state index is 5.74. The van der Waals surface area contributed by atoms with Gasteiger partial charge in [-0.3, -0.25) is 0 Å². The minimum Gasteiger partial charge on any atom is -0.441 e. The van der Waals surface area contributed by atoms with Gasteiger partial charge in [0.25, 0.3) is 0 Å². The molecular weight excluding hydrogens is 272 g/mol. The first-order valence-electron chi connectivity index (χ1n) is 7.76. The molecule has 0 unspecified atom stereocenters. The summed E-state index contributed by atoms with van der Waals surface area (Å²) >= 11 is 0. The van der Waals surface area contributed by atoms with Crippen molar-refractivity contribution in [1.29, 1.82) is 0 Å². The van der Waals surface area contributed by atoms with Crippen LogP contribution in [-0.4, -0.2) is 21.1 Å². The Labute approximate surface area is 133 Å². The van der Waals surface area contributed by atoms with E-state index < -0.39 is 0 Å². The third-order valence-corrected chi connectivity index (χ3v) is 3.96. The molecule has 2 aromatic rings. The fraction of sp³-hybridized carbons (Fsp3) is 0.368. The predicted octanol–water partition coefficient (Wildman–Crippen LogP) is 3.55. The van der Waals surface area contributed by atoms with Gasteiger partial charge in [0, 0.05) is 25.7 Å². The molecule has 0 radical (unpaired) electrons. The quantitative estimate of drug-likeness (QED) is 0.827. The highest BCUT2D eigenvalue weighted by Gasteiger charge is 2.23.